The predicted molar refractivity (Wildman–Crippen MR) is 58.3 cm³/mol. The Hall–Kier alpha value is -1.37. The van der Waals surface area contributed by atoms with Crippen molar-refractivity contribution in [3.8, 4) is 5.75 Å². The van der Waals surface area contributed by atoms with Crippen LogP contribution in [0.25, 0.3) is 0 Å². The first-order chi connectivity index (χ1) is 7.81. The summed E-state index contributed by atoms with van der Waals surface area (Å²) >= 11 is 1.00. The molecule has 1 aromatic rings. The maximum atomic E-state index is 12.6. The van der Waals surface area contributed by atoms with Gasteiger partial charge >= 0.3 is 6.18 Å². The van der Waals surface area contributed by atoms with E-state index >= 15 is 0 Å². The van der Waals surface area contributed by atoms with Gasteiger partial charge in [-0.3, -0.25) is 4.79 Å². The summed E-state index contributed by atoms with van der Waals surface area (Å²) < 4.78 is 42.5. The van der Waals surface area contributed by atoms with Gasteiger partial charge in [0.25, 0.3) is 5.91 Å². The number of alkyl halides is 3. The number of methoxy groups -OCH3 is 1. The second-order valence-corrected chi connectivity index (χ2v) is 3.97. The molecular formula is C10H10F3NO2S. The molecule has 0 aliphatic heterocycles. The van der Waals surface area contributed by atoms with Crippen LogP contribution in [0.2, 0.25) is 0 Å². The standard InChI is InChI=1S/C10H10F3NO2S/c1-16-6-3-5(10(11,12)13)4-7(17-2)8(6)9(14)15/h3-4H,1-2H3,(H2,14,15). The van der Waals surface area contributed by atoms with Crippen molar-refractivity contribution >= 4 is 17.7 Å². The molecule has 0 fully saturated rings. The second-order valence-electron chi connectivity index (χ2n) is 3.12. The number of rotatable bonds is 3. The smallest absolute Gasteiger partial charge is 0.416 e. The number of amides is 1. The van der Waals surface area contributed by atoms with Crippen LogP contribution < -0.4 is 10.5 Å². The van der Waals surface area contributed by atoms with Gasteiger partial charge in [0.05, 0.1) is 18.2 Å². The summed E-state index contributed by atoms with van der Waals surface area (Å²) in [5.74, 6) is -0.989. The average molecular weight is 265 g/mol. The molecule has 0 saturated carbocycles. The van der Waals surface area contributed by atoms with Crippen LogP contribution in [0.5, 0.6) is 5.75 Å². The van der Waals surface area contributed by atoms with Gasteiger partial charge < -0.3 is 10.5 Å². The van der Waals surface area contributed by atoms with Crippen LogP contribution in [0.1, 0.15) is 15.9 Å². The highest BCUT2D eigenvalue weighted by atomic mass is 32.2. The Morgan fingerprint density at radius 3 is 2.35 bits per heavy atom. The second kappa shape index (κ2) is 4.87. The van der Waals surface area contributed by atoms with E-state index in [2.05, 4.69) is 0 Å². The molecule has 2 N–H and O–H groups in total. The Bertz CT molecular complexity index is 421. The third-order valence-corrected chi connectivity index (χ3v) is 2.84. The summed E-state index contributed by atoms with van der Waals surface area (Å²) in [6.45, 7) is 0. The van der Waals surface area contributed by atoms with Crippen molar-refractivity contribution in [3.63, 3.8) is 0 Å². The van der Waals surface area contributed by atoms with Crippen LogP contribution >= 0.6 is 11.8 Å². The molecule has 1 rings (SSSR count). The maximum Gasteiger partial charge on any atom is 0.416 e. The third kappa shape index (κ3) is 2.85. The molecule has 0 radical (unpaired) electrons. The molecule has 0 aromatic heterocycles. The molecule has 0 bridgehead atoms. The van der Waals surface area contributed by atoms with E-state index < -0.39 is 17.6 Å². The van der Waals surface area contributed by atoms with Crippen LogP contribution in [0, 0.1) is 0 Å². The first kappa shape index (κ1) is 13.7. The maximum absolute atomic E-state index is 12.6. The minimum atomic E-state index is -4.49. The lowest BCUT2D eigenvalue weighted by molar-refractivity contribution is -0.137. The van der Waals surface area contributed by atoms with Crippen LogP contribution in [-0.2, 0) is 6.18 Å². The van der Waals surface area contributed by atoms with E-state index in [0.717, 1.165) is 23.9 Å². The average Bonchev–Trinajstić information content (AvgIpc) is 2.25. The van der Waals surface area contributed by atoms with Gasteiger partial charge in [-0.2, -0.15) is 13.2 Å². The number of halogens is 3. The fraction of sp³-hybridized carbons (Fsp3) is 0.300. The van der Waals surface area contributed by atoms with Crippen LogP contribution in [0.4, 0.5) is 13.2 Å². The highest BCUT2D eigenvalue weighted by molar-refractivity contribution is 7.98. The van der Waals surface area contributed by atoms with Gasteiger partial charge in [-0.05, 0) is 18.4 Å². The molecule has 0 atom stereocenters. The number of hydrogen-bond donors (Lipinski definition) is 1. The Labute approximate surface area is 100 Å². The van der Waals surface area contributed by atoms with E-state index in [9.17, 15) is 18.0 Å². The van der Waals surface area contributed by atoms with Crippen molar-refractivity contribution in [2.24, 2.45) is 5.73 Å². The third-order valence-electron chi connectivity index (χ3n) is 2.08. The van der Waals surface area contributed by atoms with Gasteiger partial charge in [-0.15, -0.1) is 11.8 Å². The normalized spacial score (nSPS) is 11.4. The largest absolute Gasteiger partial charge is 0.496 e. The molecule has 0 saturated heterocycles. The number of ether oxygens (including phenoxy) is 1. The van der Waals surface area contributed by atoms with Crippen LogP contribution in [0.3, 0.4) is 0 Å². The topological polar surface area (TPSA) is 52.3 Å². The summed E-state index contributed by atoms with van der Waals surface area (Å²) in [6, 6.07) is 1.65. The summed E-state index contributed by atoms with van der Waals surface area (Å²) in [4.78, 5) is 11.3. The zero-order valence-corrected chi connectivity index (χ0v) is 9.91. The monoisotopic (exact) mass is 265 g/mol. The molecule has 1 amide bonds. The van der Waals surface area contributed by atoms with Gasteiger partial charge in [0.2, 0.25) is 0 Å². The molecule has 1 aromatic carbocycles. The quantitative estimate of drug-likeness (QED) is 0.854. The Kier molecular flexibility index (Phi) is 3.92. The number of carbonyl (C=O) groups is 1. The van der Waals surface area contributed by atoms with Crippen molar-refractivity contribution in [1.82, 2.24) is 0 Å². The first-order valence-electron chi connectivity index (χ1n) is 4.44. The molecule has 0 aliphatic carbocycles. The molecule has 17 heavy (non-hydrogen) atoms. The van der Waals surface area contributed by atoms with E-state index in [0.29, 0.717) is 0 Å². The lowest BCUT2D eigenvalue weighted by Gasteiger charge is -2.14. The van der Waals surface area contributed by atoms with E-state index in [1.807, 2.05) is 0 Å². The fourth-order valence-corrected chi connectivity index (χ4v) is 1.97. The van der Waals surface area contributed by atoms with Crippen LogP contribution in [0.15, 0.2) is 17.0 Å². The van der Waals surface area contributed by atoms with Crippen molar-refractivity contribution in [2.45, 2.75) is 11.1 Å². The number of thioether (sulfide) groups is 1. The summed E-state index contributed by atoms with van der Waals surface area (Å²) in [5.41, 5.74) is 4.21. The van der Waals surface area contributed by atoms with Crippen molar-refractivity contribution in [1.29, 1.82) is 0 Å². The summed E-state index contributed by atoms with van der Waals surface area (Å²) in [7, 11) is 1.19. The highest BCUT2D eigenvalue weighted by Crippen LogP contribution is 2.37. The van der Waals surface area contributed by atoms with Crippen molar-refractivity contribution < 1.29 is 22.7 Å². The molecule has 3 nitrogen and oxygen atoms in total. The lowest BCUT2D eigenvalue weighted by atomic mass is 10.1. The van der Waals surface area contributed by atoms with E-state index in [1.54, 1.807) is 6.26 Å². The predicted octanol–water partition coefficient (Wildman–Crippen LogP) is 2.53. The minimum absolute atomic E-state index is 0.0343. The van der Waals surface area contributed by atoms with Gasteiger partial charge in [-0.1, -0.05) is 0 Å². The SMILES string of the molecule is COc1cc(C(F)(F)F)cc(SC)c1C(N)=O. The van der Waals surface area contributed by atoms with E-state index in [4.69, 9.17) is 10.5 Å². The van der Waals surface area contributed by atoms with Crippen molar-refractivity contribution in [2.75, 3.05) is 13.4 Å². The van der Waals surface area contributed by atoms with Gasteiger partial charge in [0.1, 0.15) is 5.75 Å². The molecule has 0 unspecified atom stereocenters. The number of primary amides is 1. The number of hydrogen-bond acceptors (Lipinski definition) is 3. The Balaban J connectivity index is 3.50. The van der Waals surface area contributed by atoms with Crippen LogP contribution in [-0.4, -0.2) is 19.3 Å². The molecule has 0 aliphatic rings. The summed E-state index contributed by atoms with van der Waals surface area (Å²) in [6.07, 6.45) is -2.94. The number of nitrogens with two attached hydrogens (primary N) is 1. The molecular weight excluding hydrogens is 255 g/mol. The minimum Gasteiger partial charge on any atom is -0.496 e. The Morgan fingerprint density at radius 2 is 2.00 bits per heavy atom. The lowest BCUT2D eigenvalue weighted by Crippen LogP contribution is -2.15. The molecule has 0 heterocycles. The molecule has 0 spiro atoms. The first-order valence-corrected chi connectivity index (χ1v) is 5.66. The zero-order valence-electron chi connectivity index (χ0n) is 9.09. The molecule has 7 heteroatoms. The number of carbonyl (C=O) groups excluding carboxylic acids is 1. The summed E-state index contributed by atoms with van der Waals surface area (Å²) in [5, 5.41) is 0. The molecule has 94 valence electrons. The van der Waals surface area contributed by atoms with Gasteiger partial charge in [-0.25, -0.2) is 0 Å². The van der Waals surface area contributed by atoms with E-state index in [-0.39, 0.29) is 16.2 Å². The fourth-order valence-electron chi connectivity index (χ4n) is 1.32. The van der Waals surface area contributed by atoms with Crippen molar-refractivity contribution in [3.05, 3.63) is 23.3 Å². The van der Waals surface area contributed by atoms with Gasteiger partial charge in [0.15, 0.2) is 0 Å². The highest BCUT2D eigenvalue weighted by Gasteiger charge is 2.33. The zero-order chi connectivity index (χ0) is 13.2. The van der Waals surface area contributed by atoms with E-state index in [1.165, 1.54) is 7.11 Å². The Morgan fingerprint density at radius 1 is 1.41 bits per heavy atom. The van der Waals surface area contributed by atoms with Gasteiger partial charge in [0, 0.05) is 4.90 Å². The number of benzene rings is 1.